The van der Waals surface area contributed by atoms with E-state index in [4.69, 9.17) is 9.97 Å². The van der Waals surface area contributed by atoms with Crippen molar-refractivity contribution in [2.75, 3.05) is 18.0 Å². The Morgan fingerprint density at radius 1 is 0.760 bits per heavy atom. The number of hydrogen-bond donors (Lipinski definition) is 0. The van der Waals surface area contributed by atoms with Crippen LogP contribution in [0.3, 0.4) is 0 Å². The van der Waals surface area contributed by atoms with Crippen LogP contribution in [-0.4, -0.2) is 28.0 Å². The molecule has 1 aromatic carbocycles. The minimum absolute atomic E-state index is 0.838. The third-order valence-corrected chi connectivity index (χ3v) is 4.68. The van der Waals surface area contributed by atoms with Crippen molar-refractivity contribution in [1.29, 1.82) is 0 Å². The van der Waals surface area contributed by atoms with E-state index in [1.165, 1.54) is 24.8 Å². The Hall–Kier alpha value is -2.75. The van der Waals surface area contributed by atoms with Gasteiger partial charge < -0.3 is 4.90 Å². The molecule has 0 N–H and O–H groups in total. The van der Waals surface area contributed by atoms with Crippen LogP contribution in [0.15, 0.2) is 54.9 Å². The molecule has 2 aromatic heterocycles. The highest BCUT2D eigenvalue weighted by molar-refractivity contribution is 5.69. The minimum Gasteiger partial charge on any atom is -0.341 e. The number of aromatic nitrogens is 3. The summed E-state index contributed by atoms with van der Waals surface area (Å²) in [6, 6.07) is 14.6. The molecule has 1 aliphatic rings. The minimum atomic E-state index is 0.838. The van der Waals surface area contributed by atoms with E-state index < -0.39 is 0 Å². The van der Waals surface area contributed by atoms with Crippen molar-refractivity contribution in [1.82, 2.24) is 15.0 Å². The van der Waals surface area contributed by atoms with Crippen LogP contribution in [0.1, 0.15) is 24.8 Å². The predicted molar refractivity (Wildman–Crippen MR) is 102 cm³/mol. The highest BCUT2D eigenvalue weighted by atomic mass is 15.3. The van der Waals surface area contributed by atoms with Gasteiger partial charge in [-0.05, 0) is 44.4 Å². The number of aryl methyl sites for hydroxylation is 1. The van der Waals surface area contributed by atoms with Crippen molar-refractivity contribution in [3.8, 4) is 22.5 Å². The second-order valence-corrected chi connectivity index (χ2v) is 6.59. The van der Waals surface area contributed by atoms with Crippen molar-refractivity contribution in [2.45, 2.75) is 26.2 Å². The lowest BCUT2D eigenvalue weighted by Gasteiger charge is -2.27. The normalized spacial score (nSPS) is 14.5. The van der Waals surface area contributed by atoms with Crippen molar-refractivity contribution >= 4 is 5.95 Å². The molecule has 0 radical (unpaired) electrons. The Bertz CT molecular complexity index is 838. The Balaban J connectivity index is 1.81. The van der Waals surface area contributed by atoms with E-state index in [0.717, 1.165) is 41.6 Å². The third-order valence-electron chi connectivity index (χ3n) is 4.68. The van der Waals surface area contributed by atoms with Gasteiger partial charge in [-0.15, -0.1) is 0 Å². The van der Waals surface area contributed by atoms with E-state index >= 15 is 0 Å². The van der Waals surface area contributed by atoms with Crippen LogP contribution in [0.25, 0.3) is 22.5 Å². The van der Waals surface area contributed by atoms with Gasteiger partial charge in [0, 0.05) is 36.6 Å². The quantitative estimate of drug-likeness (QED) is 0.709. The summed E-state index contributed by atoms with van der Waals surface area (Å²) in [4.78, 5) is 16.2. The summed E-state index contributed by atoms with van der Waals surface area (Å²) in [7, 11) is 0. The molecule has 1 aliphatic heterocycles. The average molecular weight is 330 g/mol. The zero-order valence-electron chi connectivity index (χ0n) is 14.5. The third kappa shape index (κ3) is 3.53. The maximum atomic E-state index is 4.88. The molecule has 0 bridgehead atoms. The molecule has 4 heteroatoms. The van der Waals surface area contributed by atoms with Gasteiger partial charge in [0.1, 0.15) is 0 Å². The summed E-state index contributed by atoms with van der Waals surface area (Å²) in [6.45, 7) is 4.17. The molecule has 1 saturated heterocycles. The molecule has 0 aliphatic carbocycles. The van der Waals surface area contributed by atoms with E-state index in [1.54, 1.807) is 0 Å². The van der Waals surface area contributed by atoms with Crippen molar-refractivity contribution in [3.05, 3.63) is 60.4 Å². The van der Waals surface area contributed by atoms with Crippen LogP contribution in [-0.2, 0) is 0 Å². The van der Waals surface area contributed by atoms with Crippen LogP contribution in [0.4, 0.5) is 5.95 Å². The molecular formula is C21H22N4. The molecule has 0 spiro atoms. The SMILES string of the molecule is Cc1ccc(-c2cc(-c3ccncc3)nc(N3CCCCC3)n2)cc1. The first-order valence-electron chi connectivity index (χ1n) is 8.91. The van der Waals surface area contributed by atoms with Crippen LogP contribution < -0.4 is 4.90 Å². The number of pyridine rings is 1. The molecule has 3 aromatic rings. The molecule has 4 nitrogen and oxygen atoms in total. The van der Waals surface area contributed by atoms with Gasteiger partial charge in [-0.1, -0.05) is 29.8 Å². The highest BCUT2D eigenvalue weighted by Gasteiger charge is 2.16. The second-order valence-electron chi connectivity index (χ2n) is 6.59. The first-order chi connectivity index (χ1) is 12.3. The summed E-state index contributed by atoms with van der Waals surface area (Å²) in [5, 5.41) is 0. The van der Waals surface area contributed by atoms with E-state index in [2.05, 4.69) is 47.1 Å². The highest BCUT2D eigenvalue weighted by Crippen LogP contribution is 2.27. The van der Waals surface area contributed by atoms with Gasteiger partial charge in [0.25, 0.3) is 0 Å². The van der Waals surface area contributed by atoms with Crippen molar-refractivity contribution in [3.63, 3.8) is 0 Å². The maximum Gasteiger partial charge on any atom is 0.226 e. The zero-order chi connectivity index (χ0) is 17.1. The van der Waals surface area contributed by atoms with Gasteiger partial charge in [0.05, 0.1) is 11.4 Å². The molecule has 1 fully saturated rings. The number of hydrogen-bond acceptors (Lipinski definition) is 4. The van der Waals surface area contributed by atoms with Gasteiger partial charge in [-0.3, -0.25) is 4.98 Å². The molecule has 0 amide bonds. The first-order valence-corrected chi connectivity index (χ1v) is 8.91. The van der Waals surface area contributed by atoms with Gasteiger partial charge in [-0.25, -0.2) is 9.97 Å². The van der Waals surface area contributed by atoms with Gasteiger partial charge in [0.15, 0.2) is 0 Å². The Morgan fingerprint density at radius 2 is 1.36 bits per heavy atom. The van der Waals surface area contributed by atoms with Crippen molar-refractivity contribution < 1.29 is 0 Å². The number of piperidine rings is 1. The summed E-state index contributed by atoms with van der Waals surface area (Å²) in [5.41, 5.74) is 5.38. The number of benzene rings is 1. The van der Waals surface area contributed by atoms with Crippen molar-refractivity contribution in [2.24, 2.45) is 0 Å². The Morgan fingerprint density at radius 3 is 2.00 bits per heavy atom. The fourth-order valence-corrected chi connectivity index (χ4v) is 3.21. The van der Waals surface area contributed by atoms with Crippen LogP contribution in [0.2, 0.25) is 0 Å². The lowest BCUT2D eigenvalue weighted by atomic mass is 10.1. The molecule has 0 unspecified atom stereocenters. The molecule has 0 atom stereocenters. The summed E-state index contributed by atoms with van der Waals surface area (Å²) >= 11 is 0. The summed E-state index contributed by atoms with van der Waals surface area (Å²) < 4.78 is 0. The molecule has 126 valence electrons. The fourth-order valence-electron chi connectivity index (χ4n) is 3.21. The zero-order valence-corrected chi connectivity index (χ0v) is 14.5. The molecule has 0 saturated carbocycles. The predicted octanol–water partition coefficient (Wildman–Crippen LogP) is 4.50. The Kier molecular flexibility index (Phi) is 4.42. The van der Waals surface area contributed by atoms with Crippen LogP contribution in [0.5, 0.6) is 0 Å². The number of rotatable bonds is 3. The monoisotopic (exact) mass is 330 g/mol. The summed E-state index contributed by atoms with van der Waals surface area (Å²) in [5.74, 6) is 0.838. The van der Waals surface area contributed by atoms with Gasteiger partial charge in [0.2, 0.25) is 5.95 Å². The smallest absolute Gasteiger partial charge is 0.226 e. The van der Waals surface area contributed by atoms with E-state index in [-0.39, 0.29) is 0 Å². The standard InChI is InChI=1S/C21H22N4/c1-16-5-7-17(8-6-16)19-15-20(18-9-11-22-12-10-18)24-21(23-19)25-13-3-2-4-14-25/h5-12,15H,2-4,13-14H2,1H3. The first kappa shape index (κ1) is 15.8. The molecular weight excluding hydrogens is 308 g/mol. The van der Waals surface area contributed by atoms with E-state index in [1.807, 2.05) is 24.5 Å². The molecule has 4 rings (SSSR count). The second kappa shape index (κ2) is 7.01. The average Bonchev–Trinajstić information content (AvgIpc) is 2.69. The lowest BCUT2D eigenvalue weighted by Crippen LogP contribution is -2.31. The fraction of sp³-hybridized carbons (Fsp3) is 0.286. The van der Waals surface area contributed by atoms with Crippen LogP contribution >= 0.6 is 0 Å². The Labute approximate surface area is 148 Å². The maximum absolute atomic E-state index is 4.88. The summed E-state index contributed by atoms with van der Waals surface area (Å²) in [6.07, 6.45) is 7.34. The number of anilines is 1. The molecule has 3 heterocycles. The van der Waals surface area contributed by atoms with E-state index in [0.29, 0.717) is 0 Å². The number of nitrogens with zero attached hydrogens (tertiary/aromatic N) is 4. The van der Waals surface area contributed by atoms with E-state index in [9.17, 15) is 0 Å². The van der Waals surface area contributed by atoms with Gasteiger partial charge in [-0.2, -0.15) is 0 Å². The van der Waals surface area contributed by atoms with Crippen LogP contribution in [0, 0.1) is 6.92 Å². The molecule has 25 heavy (non-hydrogen) atoms. The van der Waals surface area contributed by atoms with Gasteiger partial charge >= 0.3 is 0 Å². The lowest BCUT2D eigenvalue weighted by molar-refractivity contribution is 0.568. The largest absolute Gasteiger partial charge is 0.341 e. The topological polar surface area (TPSA) is 41.9 Å².